The Labute approximate surface area is 150 Å². The molecule has 3 rings (SSSR count). The lowest BCUT2D eigenvalue weighted by molar-refractivity contribution is 0.424. The molecular weight excluding hydrogens is 349 g/mol. The highest BCUT2D eigenvalue weighted by Crippen LogP contribution is 2.21. The molecule has 0 aliphatic heterocycles. The quantitative estimate of drug-likeness (QED) is 0.516. The molecule has 24 heavy (non-hydrogen) atoms. The molecule has 4 nitrogen and oxygen atoms in total. The molecule has 0 heterocycles. The minimum Gasteiger partial charge on any atom is -0.423 e. The van der Waals surface area contributed by atoms with Crippen LogP contribution in [-0.2, 0) is 0 Å². The van der Waals surface area contributed by atoms with Crippen molar-refractivity contribution in [3.05, 3.63) is 70.7 Å². The molecule has 0 saturated heterocycles. The van der Waals surface area contributed by atoms with E-state index in [1.165, 1.54) is 0 Å². The predicted octanol–water partition coefficient (Wildman–Crippen LogP) is 1.19. The first kappa shape index (κ1) is 18.8. The van der Waals surface area contributed by atoms with Crippen molar-refractivity contribution in [2.45, 2.75) is 0 Å². The molecule has 4 N–H and O–H groups in total. The molecule has 3 aromatic carbocycles. The van der Waals surface area contributed by atoms with Crippen molar-refractivity contribution in [2.24, 2.45) is 0 Å². The maximum atomic E-state index is 9.13. The number of hydrogen-bond donors (Lipinski definition) is 4. The topological polar surface area (TPSA) is 80.9 Å². The molecule has 0 amide bonds. The number of rotatable bonds is 2. The van der Waals surface area contributed by atoms with Crippen LogP contribution in [0.15, 0.2) is 60.7 Å². The highest BCUT2D eigenvalue weighted by molar-refractivity contribution is 6.62. The molecule has 0 radical (unpaired) electrons. The van der Waals surface area contributed by atoms with E-state index in [9.17, 15) is 0 Å². The van der Waals surface area contributed by atoms with Crippen molar-refractivity contribution in [3.63, 3.8) is 0 Å². The SMILES string of the molecule is OB(O)c1ccc(Cl)c2ccccc12.OB(O)c1ccc(Cl)cc1. The van der Waals surface area contributed by atoms with E-state index in [0.717, 1.165) is 10.8 Å². The molecule has 0 fully saturated rings. The van der Waals surface area contributed by atoms with Crippen LogP contribution in [0.25, 0.3) is 10.8 Å². The summed E-state index contributed by atoms with van der Waals surface area (Å²) in [6, 6.07) is 17.0. The fourth-order valence-corrected chi connectivity index (χ4v) is 2.50. The first-order valence-corrected chi connectivity index (χ1v) is 7.80. The Kier molecular flexibility index (Phi) is 6.69. The summed E-state index contributed by atoms with van der Waals surface area (Å²) in [7, 11) is -2.87. The van der Waals surface area contributed by atoms with Gasteiger partial charge in [0, 0.05) is 10.0 Å². The van der Waals surface area contributed by atoms with Gasteiger partial charge in [0.05, 0.1) is 0 Å². The molecule has 0 saturated carbocycles. The molecule has 0 aliphatic rings. The van der Waals surface area contributed by atoms with Crippen molar-refractivity contribution in [1.82, 2.24) is 0 Å². The highest BCUT2D eigenvalue weighted by Gasteiger charge is 2.15. The summed E-state index contributed by atoms with van der Waals surface area (Å²) in [5, 5.41) is 38.3. The standard InChI is InChI=1S/C10H8BClO2.C6H6BClO2/c12-10-6-5-9(11(13)14)7-3-1-2-4-8(7)10;8-6-3-1-5(2-4-6)7(9)10/h1-6,13-14H;1-4,9-10H. The Bertz CT molecular complexity index is 811. The second-order valence-corrected chi connectivity index (χ2v) is 5.82. The van der Waals surface area contributed by atoms with Gasteiger partial charge in [-0.1, -0.05) is 65.7 Å². The first-order valence-electron chi connectivity index (χ1n) is 7.05. The van der Waals surface area contributed by atoms with Crippen molar-refractivity contribution >= 4 is 59.1 Å². The van der Waals surface area contributed by atoms with Crippen LogP contribution >= 0.6 is 23.2 Å². The van der Waals surface area contributed by atoms with E-state index in [1.54, 1.807) is 36.4 Å². The summed E-state index contributed by atoms with van der Waals surface area (Å²) >= 11 is 11.5. The van der Waals surface area contributed by atoms with E-state index in [-0.39, 0.29) is 0 Å². The van der Waals surface area contributed by atoms with E-state index in [4.69, 9.17) is 43.3 Å². The van der Waals surface area contributed by atoms with Crippen molar-refractivity contribution in [2.75, 3.05) is 0 Å². The Morgan fingerprint density at radius 3 is 1.75 bits per heavy atom. The monoisotopic (exact) mass is 362 g/mol. The summed E-state index contributed by atoms with van der Waals surface area (Å²) in [4.78, 5) is 0. The minimum atomic E-state index is -1.46. The van der Waals surface area contributed by atoms with Crippen LogP contribution in [0.3, 0.4) is 0 Å². The number of fused-ring (bicyclic) bond motifs is 1. The van der Waals surface area contributed by atoms with Crippen LogP contribution < -0.4 is 10.9 Å². The third kappa shape index (κ3) is 4.74. The maximum absolute atomic E-state index is 9.13. The van der Waals surface area contributed by atoms with Crippen LogP contribution in [0.1, 0.15) is 0 Å². The number of hydrogen-bond acceptors (Lipinski definition) is 4. The second-order valence-electron chi connectivity index (χ2n) is 4.98. The van der Waals surface area contributed by atoms with Crippen LogP contribution in [0.5, 0.6) is 0 Å². The third-order valence-electron chi connectivity index (χ3n) is 3.35. The van der Waals surface area contributed by atoms with Crippen LogP contribution in [0.4, 0.5) is 0 Å². The second kappa shape index (κ2) is 8.53. The van der Waals surface area contributed by atoms with Gasteiger partial charge in [-0.15, -0.1) is 0 Å². The van der Waals surface area contributed by atoms with Gasteiger partial charge >= 0.3 is 14.2 Å². The average molecular weight is 363 g/mol. The molecule has 3 aromatic rings. The van der Waals surface area contributed by atoms with Crippen molar-refractivity contribution < 1.29 is 20.1 Å². The number of halogens is 2. The summed E-state index contributed by atoms with van der Waals surface area (Å²) < 4.78 is 0. The fourth-order valence-electron chi connectivity index (χ4n) is 2.15. The van der Waals surface area contributed by atoms with Crippen LogP contribution in [0, 0.1) is 0 Å². The lowest BCUT2D eigenvalue weighted by Crippen LogP contribution is -2.30. The van der Waals surface area contributed by atoms with E-state index < -0.39 is 14.2 Å². The summed E-state index contributed by atoms with van der Waals surface area (Å²) in [6.07, 6.45) is 0. The van der Waals surface area contributed by atoms with E-state index in [1.807, 2.05) is 24.3 Å². The molecule has 0 spiro atoms. The molecule has 0 bridgehead atoms. The summed E-state index contributed by atoms with van der Waals surface area (Å²) in [5.41, 5.74) is 0.925. The lowest BCUT2D eigenvalue weighted by atomic mass is 9.77. The predicted molar refractivity (Wildman–Crippen MR) is 100 cm³/mol. The molecule has 0 atom stereocenters. The molecule has 0 aromatic heterocycles. The van der Waals surface area contributed by atoms with Gasteiger partial charge in [-0.3, -0.25) is 0 Å². The van der Waals surface area contributed by atoms with E-state index in [2.05, 4.69) is 0 Å². The van der Waals surface area contributed by atoms with Gasteiger partial charge in [-0.05, 0) is 39.9 Å². The van der Waals surface area contributed by atoms with Gasteiger partial charge in [0.25, 0.3) is 0 Å². The van der Waals surface area contributed by atoms with Crippen LogP contribution in [-0.4, -0.2) is 34.3 Å². The maximum Gasteiger partial charge on any atom is 0.489 e. The Morgan fingerprint density at radius 1 is 0.625 bits per heavy atom. The molecule has 8 heteroatoms. The van der Waals surface area contributed by atoms with Crippen LogP contribution in [0.2, 0.25) is 10.0 Å². The molecular formula is C16H14B2Cl2O4. The normalized spacial score (nSPS) is 10.1. The Morgan fingerprint density at radius 2 is 1.21 bits per heavy atom. The van der Waals surface area contributed by atoms with Gasteiger partial charge in [0.2, 0.25) is 0 Å². The summed E-state index contributed by atoms with van der Waals surface area (Å²) in [6.45, 7) is 0. The van der Waals surface area contributed by atoms with E-state index in [0.29, 0.717) is 21.0 Å². The highest BCUT2D eigenvalue weighted by atomic mass is 35.5. The minimum absolute atomic E-state index is 0.449. The number of benzene rings is 3. The summed E-state index contributed by atoms with van der Waals surface area (Å²) in [5.74, 6) is 0. The lowest BCUT2D eigenvalue weighted by Gasteiger charge is -2.06. The average Bonchev–Trinajstić information content (AvgIpc) is 2.56. The van der Waals surface area contributed by atoms with Gasteiger partial charge in [0.15, 0.2) is 0 Å². The largest absolute Gasteiger partial charge is 0.489 e. The van der Waals surface area contributed by atoms with E-state index >= 15 is 0 Å². The van der Waals surface area contributed by atoms with Gasteiger partial charge in [0.1, 0.15) is 0 Å². The fraction of sp³-hybridized carbons (Fsp3) is 0. The zero-order valence-corrected chi connectivity index (χ0v) is 14.0. The Hall–Kier alpha value is -1.53. The smallest absolute Gasteiger partial charge is 0.423 e. The molecule has 0 aliphatic carbocycles. The van der Waals surface area contributed by atoms with Crippen molar-refractivity contribution in [1.29, 1.82) is 0 Å². The molecule has 0 unspecified atom stereocenters. The third-order valence-corrected chi connectivity index (χ3v) is 3.93. The van der Waals surface area contributed by atoms with Gasteiger partial charge < -0.3 is 20.1 Å². The zero-order chi connectivity index (χ0) is 17.7. The van der Waals surface area contributed by atoms with Gasteiger partial charge in [-0.25, -0.2) is 0 Å². The zero-order valence-electron chi connectivity index (χ0n) is 12.5. The Balaban J connectivity index is 0.000000185. The first-order chi connectivity index (χ1) is 11.4. The molecule has 122 valence electrons. The van der Waals surface area contributed by atoms with Crippen molar-refractivity contribution in [3.8, 4) is 0 Å². The van der Waals surface area contributed by atoms with Gasteiger partial charge in [-0.2, -0.15) is 0 Å².